The van der Waals surface area contributed by atoms with E-state index in [1.807, 2.05) is 12.1 Å². The molecule has 0 spiro atoms. The van der Waals surface area contributed by atoms with Crippen LogP contribution in [0, 0.1) is 5.92 Å². The molecule has 1 N–H and O–H groups in total. The molecule has 100 valence electrons. The fourth-order valence-electron chi connectivity index (χ4n) is 2.29. The number of benzene rings is 1. The molecule has 1 aromatic heterocycles. The minimum atomic E-state index is -0.370. The van der Waals surface area contributed by atoms with Gasteiger partial charge in [-0.15, -0.1) is 0 Å². The second kappa shape index (κ2) is 4.57. The van der Waals surface area contributed by atoms with E-state index in [4.69, 9.17) is 4.42 Å². The van der Waals surface area contributed by atoms with E-state index >= 15 is 0 Å². The first-order valence-corrected chi connectivity index (χ1v) is 6.51. The SMILES string of the molecule is Cn1c(=O)oc2ccc(CNC(=O)C3CCC3)cc21. The molecule has 5 heteroatoms. The zero-order valence-electron chi connectivity index (χ0n) is 10.8. The van der Waals surface area contributed by atoms with E-state index in [2.05, 4.69) is 5.32 Å². The van der Waals surface area contributed by atoms with E-state index < -0.39 is 0 Å². The predicted octanol–water partition coefficient (Wildman–Crippen LogP) is 1.55. The summed E-state index contributed by atoms with van der Waals surface area (Å²) in [6.45, 7) is 0.491. The molecular weight excluding hydrogens is 244 g/mol. The lowest BCUT2D eigenvalue weighted by Gasteiger charge is -2.24. The Morgan fingerprint density at radius 2 is 2.26 bits per heavy atom. The Morgan fingerprint density at radius 3 is 2.95 bits per heavy atom. The summed E-state index contributed by atoms with van der Waals surface area (Å²) in [6, 6.07) is 5.51. The molecule has 0 radical (unpaired) electrons. The summed E-state index contributed by atoms with van der Waals surface area (Å²) >= 11 is 0. The number of oxazole rings is 1. The standard InChI is InChI=1S/C14H16N2O3/c1-16-11-7-9(5-6-12(11)19-14(16)18)8-15-13(17)10-3-2-4-10/h5-7,10H,2-4,8H2,1H3,(H,15,17). The van der Waals surface area contributed by atoms with Gasteiger partial charge < -0.3 is 9.73 Å². The first kappa shape index (κ1) is 12.0. The molecule has 19 heavy (non-hydrogen) atoms. The zero-order valence-corrected chi connectivity index (χ0v) is 10.8. The van der Waals surface area contributed by atoms with Crippen molar-refractivity contribution in [3.05, 3.63) is 34.3 Å². The number of nitrogens with one attached hydrogen (secondary N) is 1. The lowest BCUT2D eigenvalue weighted by molar-refractivity contribution is -0.127. The van der Waals surface area contributed by atoms with Crippen molar-refractivity contribution in [2.24, 2.45) is 13.0 Å². The van der Waals surface area contributed by atoms with Crippen LogP contribution < -0.4 is 11.1 Å². The molecule has 0 saturated heterocycles. The van der Waals surface area contributed by atoms with Gasteiger partial charge in [0.25, 0.3) is 0 Å². The number of nitrogens with zero attached hydrogens (tertiary/aromatic N) is 1. The Balaban J connectivity index is 1.75. The molecular formula is C14H16N2O3. The summed E-state index contributed by atoms with van der Waals surface area (Å²) in [7, 11) is 1.67. The summed E-state index contributed by atoms with van der Waals surface area (Å²) in [5.74, 6) is -0.0416. The van der Waals surface area contributed by atoms with Crippen LogP contribution in [0.4, 0.5) is 0 Å². The highest BCUT2D eigenvalue weighted by atomic mass is 16.4. The van der Waals surface area contributed by atoms with Crippen LogP contribution in [-0.2, 0) is 18.4 Å². The zero-order chi connectivity index (χ0) is 13.4. The number of amides is 1. The normalized spacial score (nSPS) is 15.4. The number of carbonyl (C=O) groups is 1. The highest BCUT2D eigenvalue weighted by Crippen LogP contribution is 2.26. The van der Waals surface area contributed by atoms with Crippen molar-refractivity contribution in [1.29, 1.82) is 0 Å². The molecule has 3 rings (SSSR count). The van der Waals surface area contributed by atoms with Gasteiger partial charge in [-0.1, -0.05) is 12.5 Å². The van der Waals surface area contributed by atoms with E-state index in [1.165, 1.54) is 4.57 Å². The molecule has 1 aliphatic carbocycles. The lowest BCUT2D eigenvalue weighted by Crippen LogP contribution is -2.33. The van der Waals surface area contributed by atoms with E-state index in [0.717, 1.165) is 30.3 Å². The molecule has 1 saturated carbocycles. The van der Waals surface area contributed by atoms with Crippen molar-refractivity contribution in [2.75, 3.05) is 0 Å². The van der Waals surface area contributed by atoms with Gasteiger partial charge in [0.05, 0.1) is 5.52 Å². The molecule has 5 nitrogen and oxygen atoms in total. The van der Waals surface area contributed by atoms with E-state index in [1.54, 1.807) is 13.1 Å². The Labute approximate surface area is 110 Å². The van der Waals surface area contributed by atoms with Crippen LogP contribution in [0.15, 0.2) is 27.4 Å². The molecule has 0 atom stereocenters. The first-order valence-electron chi connectivity index (χ1n) is 6.51. The van der Waals surface area contributed by atoms with Gasteiger partial charge in [0.2, 0.25) is 5.91 Å². The summed E-state index contributed by atoms with van der Waals surface area (Å²) in [5, 5.41) is 2.93. The molecule has 0 aliphatic heterocycles. The second-order valence-electron chi connectivity index (χ2n) is 5.07. The third-order valence-corrected chi connectivity index (χ3v) is 3.80. The number of fused-ring (bicyclic) bond motifs is 1. The first-order chi connectivity index (χ1) is 9.15. The highest BCUT2D eigenvalue weighted by molar-refractivity contribution is 5.79. The summed E-state index contributed by atoms with van der Waals surface area (Å²) < 4.78 is 6.53. The fraction of sp³-hybridized carbons (Fsp3) is 0.429. The van der Waals surface area contributed by atoms with Crippen molar-refractivity contribution in [3.8, 4) is 0 Å². The molecule has 1 aromatic carbocycles. The Bertz CT molecular complexity index is 680. The fourth-order valence-corrected chi connectivity index (χ4v) is 2.29. The van der Waals surface area contributed by atoms with Crippen LogP contribution in [0.1, 0.15) is 24.8 Å². The van der Waals surface area contributed by atoms with Crippen molar-refractivity contribution >= 4 is 17.0 Å². The monoisotopic (exact) mass is 260 g/mol. The minimum Gasteiger partial charge on any atom is -0.408 e. The third-order valence-electron chi connectivity index (χ3n) is 3.80. The maximum atomic E-state index is 11.7. The van der Waals surface area contributed by atoms with Crippen LogP contribution in [0.2, 0.25) is 0 Å². The van der Waals surface area contributed by atoms with Gasteiger partial charge in [-0.3, -0.25) is 9.36 Å². The van der Waals surface area contributed by atoms with Gasteiger partial charge in [-0.05, 0) is 30.5 Å². The summed E-state index contributed by atoms with van der Waals surface area (Å²) in [4.78, 5) is 23.1. The topological polar surface area (TPSA) is 64.2 Å². The van der Waals surface area contributed by atoms with Crippen molar-refractivity contribution < 1.29 is 9.21 Å². The van der Waals surface area contributed by atoms with E-state index in [-0.39, 0.29) is 17.6 Å². The largest absolute Gasteiger partial charge is 0.419 e. The maximum absolute atomic E-state index is 11.7. The number of aromatic nitrogens is 1. The molecule has 1 heterocycles. The van der Waals surface area contributed by atoms with Crippen LogP contribution >= 0.6 is 0 Å². The molecule has 1 fully saturated rings. The Morgan fingerprint density at radius 1 is 1.47 bits per heavy atom. The Kier molecular flexibility index (Phi) is 2.89. The third kappa shape index (κ3) is 2.16. The van der Waals surface area contributed by atoms with Crippen molar-refractivity contribution in [1.82, 2.24) is 9.88 Å². The summed E-state index contributed by atoms with van der Waals surface area (Å²) in [5.41, 5.74) is 2.29. The average Bonchev–Trinajstić information content (AvgIpc) is 2.61. The molecule has 1 amide bonds. The summed E-state index contributed by atoms with van der Waals surface area (Å²) in [6.07, 6.45) is 3.16. The van der Waals surface area contributed by atoms with Crippen LogP contribution in [0.25, 0.3) is 11.1 Å². The number of carbonyl (C=O) groups excluding carboxylic acids is 1. The smallest absolute Gasteiger partial charge is 0.408 e. The number of rotatable bonds is 3. The molecule has 0 bridgehead atoms. The molecule has 1 aliphatic rings. The lowest BCUT2D eigenvalue weighted by atomic mass is 9.85. The highest BCUT2D eigenvalue weighted by Gasteiger charge is 2.24. The average molecular weight is 260 g/mol. The van der Waals surface area contributed by atoms with Gasteiger partial charge in [-0.2, -0.15) is 0 Å². The predicted molar refractivity (Wildman–Crippen MR) is 70.6 cm³/mol. The van der Waals surface area contributed by atoms with Gasteiger partial charge in [0.15, 0.2) is 5.58 Å². The number of hydrogen-bond donors (Lipinski definition) is 1. The molecule has 0 unspecified atom stereocenters. The van der Waals surface area contributed by atoms with Gasteiger partial charge in [-0.25, -0.2) is 4.79 Å². The number of hydrogen-bond acceptors (Lipinski definition) is 3. The number of aryl methyl sites for hydroxylation is 1. The van der Waals surface area contributed by atoms with Gasteiger partial charge in [0, 0.05) is 19.5 Å². The Hall–Kier alpha value is -2.04. The quantitative estimate of drug-likeness (QED) is 0.910. The minimum absolute atomic E-state index is 0.132. The van der Waals surface area contributed by atoms with Gasteiger partial charge in [0.1, 0.15) is 0 Å². The van der Waals surface area contributed by atoms with Crippen LogP contribution in [0.5, 0.6) is 0 Å². The second-order valence-corrected chi connectivity index (χ2v) is 5.07. The van der Waals surface area contributed by atoms with Crippen molar-refractivity contribution in [3.63, 3.8) is 0 Å². The van der Waals surface area contributed by atoms with Crippen LogP contribution in [-0.4, -0.2) is 10.5 Å². The van der Waals surface area contributed by atoms with E-state index in [9.17, 15) is 9.59 Å². The van der Waals surface area contributed by atoms with Gasteiger partial charge >= 0.3 is 5.76 Å². The van der Waals surface area contributed by atoms with E-state index in [0.29, 0.717) is 12.1 Å². The van der Waals surface area contributed by atoms with Crippen molar-refractivity contribution in [2.45, 2.75) is 25.8 Å². The maximum Gasteiger partial charge on any atom is 0.419 e. The molecule has 2 aromatic rings. The van der Waals surface area contributed by atoms with Crippen LogP contribution in [0.3, 0.4) is 0 Å².